The molecule has 0 aliphatic carbocycles. The fourth-order valence-corrected chi connectivity index (χ4v) is 7.87. The normalized spacial score (nSPS) is 11.5. The van der Waals surface area contributed by atoms with Crippen LogP contribution in [0, 0.1) is 13.8 Å². The molecule has 0 unspecified atom stereocenters. The summed E-state index contributed by atoms with van der Waals surface area (Å²) >= 11 is 6.59. The molecular weight excluding hydrogens is 730 g/mol. The maximum absolute atomic E-state index is 13.5. The van der Waals surface area contributed by atoms with Crippen LogP contribution in [0.15, 0.2) is 104 Å². The summed E-state index contributed by atoms with van der Waals surface area (Å²) in [4.78, 5) is 0.382. The summed E-state index contributed by atoms with van der Waals surface area (Å²) in [5.74, 6) is 1.46. The van der Waals surface area contributed by atoms with Gasteiger partial charge in [0.05, 0.1) is 24.0 Å². The highest BCUT2D eigenvalue weighted by Crippen LogP contribution is 2.26. The van der Waals surface area contributed by atoms with E-state index in [4.69, 9.17) is 20.2 Å². The topological polar surface area (TPSA) is 90.0 Å². The Balaban J connectivity index is 0.000000337. The second kappa shape index (κ2) is 14.9. The summed E-state index contributed by atoms with van der Waals surface area (Å²) in [5, 5.41) is 0. The Labute approximate surface area is 269 Å². The van der Waals surface area contributed by atoms with Crippen molar-refractivity contribution in [1.82, 2.24) is 4.31 Å². The maximum atomic E-state index is 13.5. The third kappa shape index (κ3) is 9.82. The molecule has 0 saturated carbocycles. The quantitative estimate of drug-likeness (QED) is 0.162. The monoisotopic (exact) mass is 757 g/mol. The van der Waals surface area contributed by atoms with E-state index in [1.807, 2.05) is 67.6 Å². The number of nitrogens with zero attached hydrogens (tertiary/aromatic N) is 1. The fourth-order valence-electron chi connectivity index (χ4n) is 3.94. The second-order valence-electron chi connectivity index (χ2n) is 9.34. The van der Waals surface area contributed by atoms with Crippen molar-refractivity contribution in [2.75, 3.05) is 14.2 Å². The lowest BCUT2D eigenvalue weighted by Gasteiger charge is -2.23. The van der Waals surface area contributed by atoms with E-state index in [9.17, 15) is 16.8 Å². The van der Waals surface area contributed by atoms with Crippen molar-refractivity contribution >= 4 is 61.6 Å². The Bertz CT molecular complexity index is 1640. The number of rotatable bonds is 9. The van der Waals surface area contributed by atoms with Crippen LogP contribution in [-0.4, -0.2) is 35.4 Å². The van der Waals surface area contributed by atoms with Crippen molar-refractivity contribution in [2.45, 2.75) is 36.7 Å². The van der Waals surface area contributed by atoms with E-state index in [-0.39, 0.29) is 22.9 Å². The van der Waals surface area contributed by atoms with E-state index >= 15 is 0 Å². The molecule has 0 aliphatic rings. The number of halogens is 3. The van der Waals surface area contributed by atoms with Crippen molar-refractivity contribution in [3.05, 3.63) is 116 Å². The van der Waals surface area contributed by atoms with Crippen molar-refractivity contribution < 1.29 is 26.3 Å². The average Bonchev–Trinajstić information content (AvgIpc) is 2.92. The third-order valence-corrected chi connectivity index (χ3v) is 10.0. The van der Waals surface area contributed by atoms with Crippen LogP contribution in [0.25, 0.3) is 0 Å². The minimum absolute atomic E-state index is 0.121. The van der Waals surface area contributed by atoms with Crippen LogP contribution in [0.3, 0.4) is 0 Å². The first-order valence-electron chi connectivity index (χ1n) is 12.5. The van der Waals surface area contributed by atoms with Crippen molar-refractivity contribution in [3.63, 3.8) is 0 Å². The zero-order chi connectivity index (χ0) is 31.1. The van der Waals surface area contributed by atoms with Gasteiger partial charge in [0.1, 0.15) is 11.5 Å². The van der Waals surface area contributed by atoms with Gasteiger partial charge in [-0.25, -0.2) is 16.8 Å². The second-order valence-corrected chi connectivity index (χ2v) is 15.7. The van der Waals surface area contributed by atoms with Gasteiger partial charge < -0.3 is 9.47 Å². The van der Waals surface area contributed by atoms with Crippen LogP contribution in [0.5, 0.6) is 11.5 Å². The third-order valence-electron chi connectivity index (χ3n) is 5.99. The molecule has 0 radical (unpaired) electrons. The lowest BCUT2D eigenvalue weighted by Crippen LogP contribution is -2.30. The fraction of sp³-hybridized carbons (Fsp3) is 0.200. The number of benzene rings is 4. The molecule has 0 aliphatic heterocycles. The predicted molar refractivity (Wildman–Crippen MR) is 173 cm³/mol. The first kappa shape index (κ1) is 34.1. The Morgan fingerprint density at radius 1 is 0.643 bits per heavy atom. The Hall–Kier alpha value is -2.41. The van der Waals surface area contributed by atoms with Crippen LogP contribution in [-0.2, 0) is 32.2 Å². The highest BCUT2D eigenvalue weighted by atomic mass is 79.9. The van der Waals surface area contributed by atoms with Crippen molar-refractivity contribution in [1.29, 1.82) is 0 Å². The van der Waals surface area contributed by atoms with Gasteiger partial charge >= 0.3 is 0 Å². The van der Waals surface area contributed by atoms with Gasteiger partial charge in [-0.15, -0.1) is 0 Å². The van der Waals surface area contributed by atoms with Crippen LogP contribution in [0.1, 0.15) is 22.3 Å². The zero-order valence-corrected chi connectivity index (χ0v) is 28.9. The number of aryl methyl sites for hydroxylation is 2. The lowest BCUT2D eigenvalue weighted by molar-refractivity contribution is 0.397. The number of ether oxygens (including phenoxy) is 2. The van der Waals surface area contributed by atoms with Crippen LogP contribution in [0.2, 0.25) is 0 Å². The number of methoxy groups -OCH3 is 2. The molecule has 4 rings (SSSR count). The van der Waals surface area contributed by atoms with Crippen LogP contribution >= 0.6 is 42.5 Å². The first-order chi connectivity index (χ1) is 19.7. The summed E-state index contributed by atoms with van der Waals surface area (Å²) in [6.45, 7) is 4.16. The van der Waals surface area contributed by atoms with Gasteiger partial charge in [-0.1, -0.05) is 56.1 Å². The molecule has 12 heteroatoms. The van der Waals surface area contributed by atoms with Crippen LogP contribution < -0.4 is 9.47 Å². The molecule has 0 amide bonds. The molecule has 224 valence electrons. The molecule has 0 bridgehead atoms. The van der Waals surface area contributed by atoms with Gasteiger partial charge in [0.25, 0.3) is 9.05 Å². The van der Waals surface area contributed by atoms with E-state index in [1.54, 1.807) is 33.3 Å². The van der Waals surface area contributed by atoms with E-state index in [2.05, 4.69) is 31.9 Å². The minimum Gasteiger partial charge on any atom is -0.497 e. The highest BCUT2D eigenvalue weighted by molar-refractivity contribution is 9.10. The number of sulfonamides is 1. The average molecular weight is 760 g/mol. The van der Waals surface area contributed by atoms with Gasteiger partial charge in [-0.2, -0.15) is 4.31 Å². The van der Waals surface area contributed by atoms with Gasteiger partial charge in [0.2, 0.25) is 10.0 Å². The minimum atomic E-state index is -3.73. The summed E-state index contributed by atoms with van der Waals surface area (Å²) in [6.07, 6.45) is 0. The largest absolute Gasteiger partial charge is 0.497 e. The Morgan fingerprint density at radius 2 is 1.02 bits per heavy atom. The summed E-state index contributed by atoms with van der Waals surface area (Å²) < 4.78 is 62.2. The Kier molecular flexibility index (Phi) is 12.1. The molecule has 0 heterocycles. The molecule has 0 aromatic heterocycles. The summed E-state index contributed by atoms with van der Waals surface area (Å²) in [5.41, 5.74) is 3.47. The van der Waals surface area contributed by atoms with Gasteiger partial charge in [0.15, 0.2) is 0 Å². The predicted octanol–water partition coefficient (Wildman–Crippen LogP) is 7.85. The SMILES string of the molecule is COc1ccc(CN(Cc2ccc(OC)cc2)S(=O)(=O)c2cc(C)cc(Br)c2)cc1.Cc1cc(Br)cc(S(=O)(=O)Cl)c1. The molecule has 0 fully saturated rings. The van der Waals surface area contributed by atoms with Gasteiger partial charge in [-0.3, -0.25) is 0 Å². The van der Waals surface area contributed by atoms with E-state index in [0.29, 0.717) is 4.47 Å². The Morgan fingerprint density at radius 3 is 1.38 bits per heavy atom. The lowest BCUT2D eigenvalue weighted by atomic mass is 10.2. The molecule has 7 nitrogen and oxygen atoms in total. The molecule has 42 heavy (non-hydrogen) atoms. The van der Waals surface area contributed by atoms with E-state index in [1.165, 1.54) is 16.4 Å². The molecule has 0 saturated heterocycles. The summed E-state index contributed by atoms with van der Waals surface area (Å²) in [7, 11) is 1.02. The maximum Gasteiger partial charge on any atom is 0.261 e. The van der Waals surface area contributed by atoms with Crippen LogP contribution in [0.4, 0.5) is 0 Å². The molecule has 4 aromatic carbocycles. The molecule has 0 spiro atoms. The zero-order valence-electron chi connectivity index (χ0n) is 23.3. The highest BCUT2D eigenvalue weighted by Gasteiger charge is 2.26. The standard InChI is InChI=1S/C23H24BrNO4S.C7H6BrClO2S/c1-17-12-20(24)14-23(13-17)30(26,27)25(15-18-4-8-21(28-2)9-5-18)16-19-6-10-22(29-3)11-7-19;1-5-2-6(8)4-7(3-5)12(9,10)11/h4-14H,15-16H2,1-3H3;2-4H,1H3. The number of hydrogen-bond acceptors (Lipinski definition) is 6. The molecular formula is C30H30Br2ClNO6S2. The van der Waals surface area contributed by atoms with E-state index in [0.717, 1.165) is 38.2 Å². The molecule has 4 aromatic rings. The summed E-state index contributed by atoms with van der Waals surface area (Å²) in [6, 6.07) is 24.8. The van der Waals surface area contributed by atoms with Gasteiger partial charge in [0, 0.05) is 32.7 Å². The smallest absolute Gasteiger partial charge is 0.261 e. The van der Waals surface area contributed by atoms with Gasteiger partial charge in [-0.05, 0) is 96.8 Å². The number of hydrogen-bond donors (Lipinski definition) is 0. The first-order valence-corrected chi connectivity index (χ1v) is 17.8. The van der Waals surface area contributed by atoms with Crippen molar-refractivity contribution in [2.24, 2.45) is 0 Å². The molecule has 0 N–H and O–H groups in total. The van der Waals surface area contributed by atoms with Crippen molar-refractivity contribution in [3.8, 4) is 11.5 Å². The molecule has 0 atom stereocenters. The van der Waals surface area contributed by atoms with E-state index < -0.39 is 19.1 Å².